The molecule has 4 unspecified atom stereocenters. The van der Waals surface area contributed by atoms with Crippen molar-refractivity contribution in [3.63, 3.8) is 0 Å². The summed E-state index contributed by atoms with van der Waals surface area (Å²) in [5, 5.41) is 0. The fourth-order valence-corrected chi connectivity index (χ4v) is 3.46. The first-order chi connectivity index (χ1) is 6.84. The Morgan fingerprint density at radius 3 is 2.86 bits per heavy atom. The maximum absolute atomic E-state index is 11.7. The molecule has 76 valence electrons. The second kappa shape index (κ2) is 3.11. The number of ether oxygens (including phenoxy) is 1. The molecule has 0 aromatic heterocycles. The highest BCUT2D eigenvalue weighted by atomic mass is 16.5. The maximum atomic E-state index is 11.7. The molecule has 1 aliphatic heterocycles. The van der Waals surface area contributed by atoms with E-state index in [0.29, 0.717) is 5.78 Å². The third-order valence-electron chi connectivity index (χ3n) is 4.21. The van der Waals surface area contributed by atoms with Gasteiger partial charge in [-0.15, -0.1) is 0 Å². The van der Waals surface area contributed by atoms with Gasteiger partial charge in [-0.2, -0.15) is 0 Å². The van der Waals surface area contributed by atoms with Gasteiger partial charge in [0.25, 0.3) is 0 Å². The largest absolute Gasteiger partial charge is 0.497 e. The summed E-state index contributed by atoms with van der Waals surface area (Å²) in [6.45, 7) is 0. The molecule has 0 spiro atoms. The lowest BCUT2D eigenvalue weighted by molar-refractivity contribution is -0.127. The molecule has 0 radical (unpaired) electrons. The van der Waals surface area contributed by atoms with Gasteiger partial charge >= 0.3 is 0 Å². The van der Waals surface area contributed by atoms with Crippen molar-refractivity contribution < 1.29 is 9.53 Å². The molecule has 1 heterocycles. The SMILES string of the molecule is O=C1C=COC2CC3CCCC3CC12. The maximum Gasteiger partial charge on any atom is 0.165 e. The molecule has 2 saturated carbocycles. The van der Waals surface area contributed by atoms with Crippen molar-refractivity contribution >= 4 is 5.78 Å². The Balaban J connectivity index is 1.82. The molecule has 4 atom stereocenters. The molecule has 0 bridgehead atoms. The Kier molecular flexibility index (Phi) is 1.89. The Hall–Kier alpha value is -0.790. The highest BCUT2D eigenvalue weighted by Crippen LogP contribution is 2.46. The lowest BCUT2D eigenvalue weighted by Crippen LogP contribution is -2.40. The van der Waals surface area contributed by atoms with E-state index >= 15 is 0 Å². The molecular weight excluding hydrogens is 176 g/mol. The smallest absolute Gasteiger partial charge is 0.165 e. The third-order valence-corrected chi connectivity index (χ3v) is 4.21. The molecule has 2 aliphatic carbocycles. The highest BCUT2D eigenvalue weighted by Gasteiger charge is 2.43. The highest BCUT2D eigenvalue weighted by molar-refractivity contribution is 5.92. The van der Waals surface area contributed by atoms with Crippen LogP contribution in [0, 0.1) is 17.8 Å². The minimum Gasteiger partial charge on any atom is -0.497 e. The van der Waals surface area contributed by atoms with Gasteiger partial charge in [0.05, 0.1) is 12.2 Å². The molecule has 3 aliphatic rings. The van der Waals surface area contributed by atoms with Crippen LogP contribution in [-0.4, -0.2) is 11.9 Å². The number of ketones is 1. The fourth-order valence-electron chi connectivity index (χ4n) is 3.46. The lowest BCUT2D eigenvalue weighted by Gasteiger charge is -2.38. The van der Waals surface area contributed by atoms with Crippen molar-refractivity contribution in [2.45, 2.75) is 38.2 Å². The molecule has 0 N–H and O–H groups in total. The number of rotatable bonds is 0. The van der Waals surface area contributed by atoms with E-state index in [1.807, 2.05) is 0 Å². The summed E-state index contributed by atoms with van der Waals surface area (Å²) in [6.07, 6.45) is 9.65. The van der Waals surface area contributed by atoms with Gasteiger partial charge in [-0.3, -0.25) is 4.79 Å². The van der Waals surface area contributed by atoms with Gasteiger partial charge in [0.1, 0.15) is 6.10 Å². The zero-order chi connectivity index (χ0) is 9.54. The minimum atomic E-state index is 0.180. The molecule has 0 aromatic carbocycles. The zero-order valence-electron chi connectivity index (χ0n) is 8.32. The zero-order valence-corrected chi connectivity index (χ0v) is 8.32. The Bertz CT molecular complexity index is 282. The summed E-state index contributed by atoms with van der Waals surface area (Å²) >= 11 is 0. The number of carbonyl (C=O) groups is 1. The van der Waals surface area contributed by atoms with Gasteiger partial charge in [-0.25, -0.2) is 0 Å². The number of hydrogen-bond donors (Lipinski definition) is 0. The van der Waals surface area contributed by atoms with Crippen LogP contribution in [0.3, 0.4) is 0 Å². The van der Waals surface area contributed by atoms with Gasteiger partial charge in [0.15, 0.2) is 5.78 Å². The average molecular weight is 192 g/mol. The van der Waals surface area contributed by atoms with E-state index in [1.165, 1.54) is 19.3 Å². The summed E-state index contributed by atoms with van der Waals surface area (Å²) in [7, 11) is 0. The van der Waals surface area contributed by atoms with E-state index in [2.05, 4.69) is 0 Å². The Morgan fingerprint density at radius 1 is 1.21 bits per heavy atom. The molecule has 0 saturated heterocycles. The number of fused-ring (bicyclic) bond motifs is 2. The van der Waals surface area contributed by atoms with Crippen molar-refractivity contribution in [2.75, 3.05) is 0 Å². The lowest BCUT2D eigenvalue weighted by atomic mass is 9.72. The molecular formula is C12H16O2. The van der Waals surface area contributed by atoms with Crippen LogP contribution in [0.25, 0.3) is 0 Å². The summed E-state index contributed by atoms with van der Waals surface area (Å²) in [5.74, 6) is 2.14. The quantitative estimate of drug-likeness (QED) is 0.588. The van der Waals surface area contributed by atoms with Gasteiger partial charge in [0, 0.05) is 6.08 Å². The molecule has 0 aromatic rings. The molecule has 3 rings (SSSR count). The second-order valence-corrected chi connectivity index (χ2v) is 4.91. The summed E-state index contributed by atoms with van der Waals surface area (Å²) in [6, 6.07) is 0. The summed E-state index contributed by atoms with van der Waals surface area (Å²) in [4.78, 5) is 11.7. The number of hydrogen-bond acceptors (Lipinski definition) is 2. The first-order valence-electron chi connectivity index (χ1n) is 5.70. The molecule has 2 nitrogen and oxygen atoms in total. The van der Waals surface area contributed by atoms with Crippen molar-refractivity contribution in [2.24, 2.45) is 17.8 Å². The van der Waals surface area contributed by atoms with Gasteiger partial charge in [0.2, 0.25) is 0 Å². The Labute approximate surface area is 84.3 Å². The summed E-state index contributed by atoms with van der Waals surface area (Å²) < 4.78 is 5.56. The predicted molar refractivity (Wildman–Crippen MR) is 52.6 cm³/mol. The summed E-state index contributed by atoms with van der Waals surface area (Å²) in [5.41, 5.74) is 0. The van der Waals surface area contributed by atoms with Gasteiger partial charge < -0.3 is 4.74 Å². The van der Waals surface area contributed by atoms with Gasteiger partial charge in [-0.1, -0.05) is 19.3 Å². The minimum absolute atomic E-state index is 0.180. The van der Waals surface area contributed by atoms with Crippen molar-refractivity contribution in [3.05, 3.63) is 12.3 Å². The Morgan fingerprint density at radius 2 is 2.00 bits per heavy atom. The van der Waals surface area contributed by atoms with Crippen LogP contribution in [-0.2, 0) is 9.53 Å². The van der Waals surface area contributed by atoms with Crippen molar-refractivity contribution in [3.8, 4) is 0 Å². The fraction of sp³-hybridized carbons (Fsp3) is 0.750. The van der Waals surface area contributed by atoms with E-state index < -0.39 is 0 Å². The monoisotopic (exact) mass is 192 g/mol. The molecule has 0 amide bonds. The molecule has 2 heteroatoms. The van der Waals surface area contributed by atoms with Crippen molar-refractivity contribution in [1.82, 2.24) is 0 Å². The number of allylic oxidation sites excluding steroid dienone is 1. The van der Waals surface area contributed by atoms with Crippen LogP contribution < -0.4 is 0 Å². The average Bonchev–Trinajstić information content (AvgIpc) is 2.62. The predicted octanol–water partition coefficient (Wildman–Crippen LogP) is 2.29. The standard InChI is InChI=1S/C12H16O2/c13-11-4-5-14-12-7-9-3-1-2-8(9)6-10(11)12/h4-5,8-10,12H,1-3,6-7H2. The van der Waals surface area contributed by atoms with Gasteiger partial charge in [-0.05, 0) is 24.7 Å². The van der Waals surface area contributed by atoms with E-state index in [0.717, 1.165) is 24.7 Å². The van der Waals surface area contributed by atoms with Crippen LogP contribution in [0.1, 0.15) is 32.1 Å². The van der Waals surface area contributed by atoms with Crippen LogP contribution in [0.4, 0.5) is 0 Å². The van der Waals surface area contributed by atoms with Crippen LogP contribution in [0.15, 0.2) is 12.3 Å². The van der Waals surface area contributed by atoms with Crippen LogP contribution >= 0.6 is 0 Å². The molecule has 14 heavy (non-hydrogen) atoms. The van der Waals surface area contributed by atoms with Crippen molar-refractivity contribution in [1.29, 1.82) is 0 Å². The number of carbonyl (C=O) groups excluding carboxylic acids is 1. The topological polar surface area (TPSA) is 26.3 Å². The molecule has 2 fully saturated rings. The first kappa shape index (κ1) is 8.51. The van der Waals surface area contributed by atoms with Crippen LogP contribution in [0.5, 0.6) is 0 Å². The normalized spacial score (nSPS) is 45.6. The first-order valence-corrected chi connectivity index (χ1v) is 5.70. The van der Waals surface area contributed by atoms with E-state index in [1.54, 1.807) is 12.3 Å². The van der Waals surface area contributed by atoms with E-state index in [4.69, 9.17) is 4.74 Å². The van der Waals surface area contributed by atoms with Crippen LogP contribution in [0.2, 0.25) is 0 Å². The third kappa shape index (κ3) is 1.20. The van der Waals surface area contributed by atoms with E-state index in [-0.39, 0.29) is 12.0 Å². The second-order valence-electron chi connectivity index (χ2n) is 4.91. The van der Waals surface area contributed by atoms with E-state index in [9.17, 15) is 4.79 Å².